The fourth-order valence-corrected chi connectivity index (χ4v) is 3.01. The second kappa shape index (κ2) is 5.96. The van der Waals surface area contributed by atoms with E-state index in [1.807, 2.05) is 11.9 Å². The molecule has 4 nitrogen and oxygen atoms in total. The van der Waals surface area contributed by atoms with Gasteiger partial charge in [0, 0.05) is 24.8 Å². The van der Waals surface area contributed by atoms with Crippen LogP contribution in [0.15, 0.2) is 18.2 Å². The van der Waals surface area contributed by atoms with Crippen LogP contribution < -0.4 is 10.5 Å². The lowest BCUT2D eigenvalue weighted by atomic mass is 9.75. The highest BCUT2D eigenvalue weighted by atomic mass is 16.5. The summed E-state index contributed by atoms with van der Waals surface area (Å²) >= 11 is 0. The highest BCUT2D eigenvalue weighted by molar-refractivity contribution is 5.97. The van der Waals surface area contributed by atoms with E-state index in [-0.39, 0.29) is 5.91 Å². The molecule has 0 radical (unpaired) electrons. The SMILES string of the molecule is COc1cc(N)ccc1C(=O)N(C)C1CCC(C)(C)CC1. The molecule has 0 bridgehead atoms. The van der Waals surface area contributed by atoms with Gasteiger partial charge in [0.05, 0.1) is 12.7 Å². The molecule has 0 atom stereocenters. The van der Waals surface area contributed by atoms with Crippen molar-refractivity contribution in [3.05, 3.63) is 23.8 Å². The molecule has 1 fully saturated rings. The number of methoxy groups -OCH3 is 1. The lowest BCUT2D eigenvalue weighted by Crippen LogP contribution is -2.41. The molecule has 2 rings (SSSR count). The van der Waals surface area contributed by atoms with E-state index in [0.29, 0.717) is 28.5 Å². The van der Waals surface area contributed by atoms with Crippen molar-refractivity contribution in [1.29, 1.82) is 0 Å². The van der Waals surface area contributed by atoms with Crippen molar-refractivity contribution >= 4 is 11.6 Å². The molecule has 2 N–H and O–H groups in total. The molecule has 1 amide bonds. The molecular formula is C17H26N2O2. The van der Waals surface area contributed by atoms with Gasteiger partial charge in [-0.2, -0.15) is 0 Å². The van der Waals surface area contributed by atoms with Gasteiger partial charge in [-0.25, -0.2) is 0 Å². The van der Waals surface area contributed by atoms with E-state index in [9.17, 15) is 4.79 Å². The lowest BCUT2D eigenvalue weighted by Gasteiger charge is -2.38. The zero-order valence-electron chi connectivity index (χ0n) is 13.5. The number of anilines is 1. The molecule has 116 valence electrons. The van der Waals surface area contributed by atoms with Crippen LogP contribution in [-0.4, -0.2) is 31.0 Å². The molecule has 0 unspecified atom stereocenters. The van der Waals surface area contributed by atoms with Gasteiger partial charge in [-0.3, -0.25) is 4.79 Å². The Morgan fingerprint density at radius 1 is 1.33 bits per heavy atom. The van der Waals surface area contributed by atoms with Crippen LogP contribution in [0.5, 0.6) is 5.75 Å². The van der Waals surface area contributed by atoms with E-state index in [4.69, 9.17) is 10.5 Å². The molecular weight excluding hydrogens is 264 g/mol. The van der Waals surface area contributed by atoms with E-state index in [1.165, 1.54) is 0 Å². The number of carbonyl (C=O) groups excluding carboxylic acids is 1. The van der Waals surface area contributed by atoms with Crippen LogP contribution in [0.25, 0.3) is 0 Å². The Balaban J connectivity index is 2.13. The van der Waals surface area contributed by atoms with Gasteiger partial charge in [0.2, 0.25) is 0 Å². The smallest absolute Gasteiger partial charge is 0.257 e. The van der Waals surface area contributed by atoms with Gasteiger partial charge in [0.15, 0.2) is 0 Å². The second-order valence-electron chi connectivity index (χ2n) is 6.77. The van der Waals surface area contributed by atoms with Gasteiger partial charge in [-0.15, -0.1) is 0 Å². The fourth-order valence-electron chi connectivity index (χ4n) is 3.01. The number of carbonyl (C=O) groups is 1. The zero-order chi connectivity index (χ0) is 15.6. The van der Waals surface area contributed by atoms with Gasteiger partial charge in [-0.05, 0) is 43.2 Å². The van der Waals surface area contributed by atoms with Crippen molar-refractivity contribution in [3.63, 3.8) is 0 Å². The first-order chi connectivity index (χ1) is 9.84. The number of nitrogens with two attached hydrogens (primary N) is 1. The number of ether oxygens (including phenoxy) is 1. The Morgan fingerprint density at radius 3 is 2.52 bits per heavy atom. The van der Waals surface area contributed by atoms with E-state index < -0.39 is 0 Å². The van der Waals surface area contributed by atoms with Crippen molar-refractivity contribution in [2.24, 2.45) is 5.41 Å². The molecule has 0 spiro atoms. The summed E-state index contributed by atoms with van der Waals surface area (Å²) in [5, 5.41) is 0. The zero-order valence-corrected chi connectivity index (χ0v) is 13.5. The summed E-state index contributed by atoms with van der Waals surface area (Å²) in [5.74, 6) is 0.555. The van der Waals surface area contributed by atoms with Crippen LogP contribution in [0, 0.1) is 5.41 Å². The van der Waals surface area contributed by atoms with Crippen molar-refractivity contribution in [1.82, 2.24) is 4.90 Å². The van der Waals surface area contributed by atoms with Crippen molar-refractivity contribution in [2.45, 2.75) is 45.6 Å². The number of nitrogens with zero attached hydrogens (tertiary/aromatic N) is 1. The Bertz CT molecular complexity index is 516. The predicted octanol–water partition coefficient (Wildman–Crippen LogP) is 3.32. The minimum atomic E-state index is 0.0107. The molecule has 1 aliphatic rings. The minimum absolute atomic E-state index is 0.0107. The number of hydrogen-bond donors (Lipinski definition) is 1. The molecule has 0 heterocycles. The minimum Gasteiger partial charge on any atom is -0.496 e. The lowest BCUT2D eigenvalue weighted by molar-refractivity contribution is 0.0632. The van der Waals surface area contributed by atoms with Crippen LogP contribution in [-0.2, 0) is 0 Å². The summed E-state index contributed by atoms with van der Waals surface area (Å²) in [6.45, 7) is 4.60. The Kier molecular flexibility index (Phi) is 4.45. The molecule has 0 saturated heterocycles. The predicted molar refractivity (Wildman–Crippen MR) is 85.5 cm³/mol. The Labute approximate surface area is 127 Å². The van der Waals surface area contributed by atoms with Crippen LogP contribution in [0.4, 0.5) is 5.69 Å². The van der Waals surface area contributed by atoms with Gasteiger partial charge in [0.1, 0.15) is 5.75 Å². The summed E-state index contributed by atoms with van der Waals surface area (Å²) in [6.07, 6.45) is 4.45. The largest absolute Gasteiger partial charge is 0.496 e. The molecule has 1 saturated carbocycles. The number of benzene rings is 1. The number of nitrogen functional groups attached to an aromatic ring is 1. The molecule has 1 aromatic carbocycles. The quantitative estimate of drug-likeness (QED) is 0.869. The fraction of sp³-hybridized carbons (Fsp3) is 0.588. The molecule has 1 aromatic rings. The highest BCUT2D eigenvalue weighted by Crippen LogP contribution is 2.37. The van der Waals surface area contributed by atoms with E-state index in [0.717, 1.165) is 25.7 Å². The third-order valence-electron chi connectivity index (χ3n) is 4.63. The van der Waals surface area contributed by atoms with E-state index in [2.05, 4.69) is 13.8 Å². The van der Waals surface area contributed by atoms with Gasteiger partial charge >= 0.3 is 0 Å². The summed E-state index contributed by atoms with van der Waals surface area (Å²) in [5.41, 5.74) is 7.33. The average molecular weight is 290 g/mol. The van der Waals surface area contributed by atoms with Crippen molar-refractivity contribution < 1.29 is 9.53 Å². The summed E-state index contributed by atoms with van der Waals surface area (Å²) in [7, 11) is 3.45. The normalized spacial score (nSPS) is 18.3. The maximum Gasteiger partial charge on any atom is 0.257 e. The van der Waals surface area contributed by atoms with Crippen LogP contribution in [0.2, 0.25) is 0 Å². The molecule has 21 heavy (non-hydrogen) atoms. The van der Waals surface area contributed by atoms with E-state index >= 15 is 0 Å². The first kappa shape index (κ1) is 15.7. The first-order valence-electron chi connectivity index (χ1n) is 7.55. The molecule has 1 aliphatic carbocycles. The van der Waals surface area contributed by atoms with Gasteiger partial charge < -0.3 is 15.4 Å². The van der Waals surface area contributed by atoms with Crippen LogP contribution in [0.3, 0.4) is 0 Å². The Morgan fingerprint density at radius 2 is 1.95 bits per heavy atom. The van der Waals surface area contributed by atoms with Crippen molar-refractivity contribution in [2.75, 3.05) is 19.9 Å². The summed E-state index contributed by atoms with van der Waals surface area (Å²) in [6, 6.07) is 5.51. The topological polar surface area (TPSA) is 55.6 Å². The van der Waals surface area contributed by atoms with Gasteiger partial charge in [-0.1, -0.05) is 13.8 Å². The van der Waals surface area contributed by atoms with E-state index in [1.54, 1.807) is 25.3 Å². The number of rotatable bonds is 3. The average Bonchev–Trinajstić information content (AvgIpc) is 2.45. The van der Waals surface area contributed by atoms with Gasteiger partial charge in [0.25, 0.3) is 5.91 Å². The first-order valence-corrected chi connectivity index (χ1v) is 7.55. The third-order valence-corrected chi connectivity index (χ3v) is 4.63. The molecule has 0 aromatic heterocycles. The molecule has 0 aliphatic heterocycles. The monoisotopic (exact) mass is 290 g/mol. The Hall–Kier alpha value is -1.71. The summed E-state index contributed by atoms with van der Waals surface area (Å²) < 4.78 is 5.29. The second-order valence-corrected chi connectivity index (χ2v) is 6.77. The van der Waals surface area contributed by atoms with Crippen molar-refractivity contribution in [3.8, 4) is 5.75 Å². The summed E-state index contributed by atoms with van der Waals surface area (Å²) in [4.78, 5) is 14.6. The third kappa shape index (κ3) is 3.49. The molecule has 4 heteroatoms. The highest BCUT2D eigenvalue weighted by Gasteiger charge is 2.31. The maximum atomic E-state index is 12.7. The van der Waals surface area contributed by atoms with Crippen LogP contribution >= 0.6 is 0 Å². The van der Waals surface area contributed by atoms with Crippen LogP contribution in [0.1, 0.15) is 49.9 Å². The standard InChI is InChI=1S/C17H26N2O2/c1-17(2)9-7-13(8-10-17)19(3)16(20)14-6-5-12(18)11-15(14)21-4/h5-6,11,13H,7-10,18H2,1-4H3. The number of amides is 1. The maximum absolute atomic E-state index is 12.7. The number of hydrogen-bond acceptors (Lipinski definition) is 3.